The Morgan fingerprint density at radius 1 is 1.06 bits per heavy atom. The van der Waals surface area contributed by atoms with Crippen molar-refractivity contribution in [2.75, 3.05) is 67.6 Å². The first-order valence-electron chi connectivity index (χ1n) is 21.0. The third-order valence-electron chi connectivity index (χ3n) is 11.1. The molecular formula is C42H84N4O7. The summed E-state index contributed by atoms with van der Waals surface area (Å²) >= 11 is 0. The van der Waals surface area contributed by atoms with E-state index in [9.17, 15) is 19.5 Å². The first-order chi connectivity index (χ1) is 25.1. The van der Waals surface area contributed by atoms with Crippen molar-refractivity contribution < 1.29 is 33.7 Å². The van der Waals surface area contributed by atoms with Gasteiger partial charge in [-0.3, -0.25) is 19.3 Å². The Morgan fingerprint density at radius 2 is 1.66 bits per heavy atom. The zero-order valence-electron chi connectivity index (χ0n) is 36.8. The number of carbonyl (C=O) groups excluding carboxylic acids is 3. The summed E-state index contributed by atoms with van der Waals surface area (Å²) in [7, 11) is 7.84. The van der Waals surface area contributed by atoms with Gasteiger partial charge >= 0.3 is 5.97 Å². The summed E-state index contributed by atoms with van der Waals surface area (Å²) in [6, 6.07) is 0.304. The number of nitrogens with one attached hydrogen (secondary N) is 1. The lowest BCUT2D eigenvalue weighted by atomic mass is 9.81. The van der Waals surface area contributed by atoms with E-state index in [4.69, 9.17) is 14.2 Å². The average Bonchev–Trinajstić information content (AvgIpc) is 3.15. The van der Waals surface area contributed by atoms with Gasteiger partial charge in [-0.1, -0.05) is 55.4 Å². The van der Waals surface area contributed by atoms with Gasteiger partial charge in [-0.2, -0.15) is 0 Å². The van der Waals surface area contributed by atoms with E-state index < -0.39 is 17.5 Å². The largest absolute Gasteiger partial charge is 0.463 e. The second kappa shape index (κ2) is 27.0. The van der Waals surface area contributed by atoms with Crippen LogP contribution in [0.2, 0.25) is 0 Å². The molecule has 7 unspecified atom stereocenters. The summed E-state index contributed by atoms with van der Waals surface area (Å²) < 4.78 is 17.3. The number of ether oxygens (including phenoxy) is 3. The van der Waals surface area contributed by atoms with Crippen molar-refractivity contribution in [2.45, 2.75) is 164 Å². The quantitative estimate of drug-likeness (QED) is 0.213. The predicted molar refractivity (Wildman–Crippen MR) is 217 cm³/mol. The standard InChI is InChI=1S/C28H51N3O5.C10H21NO2.2C2H6/c1-8-22-16-28(5,35-7)12-9-13-30(6)24(19-36-27(34)21(4)26(22)33)23-10-14-31(15-11-23)25(32)18-29-17-20(2)3;1-5-9-10(12)8(11(3)4)6-7(2)13-9;2*1-2/h20-24,29H,8-19H2,1-7H3;7-10,12H,5-6H2,1-4H3;2*1-2H3/t;7?,8?,9?,10-;;/m.1../s1. The molecule has 314 valence electrons. The summed E-state index contributed by atoms with van der Waals surface area (Å²) in [6.45, 7) is 25.9. The van der Waals surface area contributed by atoms with Gasteiger partial charge in [0, 0.05) is 38.2 Å². The number of rotatable bonds is 9. The van der Waals surface area contributed by atoms with E-state index in [-0.39, 0.29) is 54.6 Å². The molecule has 11 nitrogen and oxygen atoms in total. The number of nitrogens with zero attached hydrogens (tertiary/aromatic N) is 3. The number of esters is 1. The van der Waals surface area contributed by atoms with Gasteiger partial charge in [0.2, 0.25) is 5.91 Å². The smallest absolute Gasteiger partial charge is 0.316 e. The molecule has 8 atom stereocenters. The number of amides is 1. The Bertz CT molecular complexity index is 1010. The van der Waals surface area contributed by atoms with E-state index in [0.717, 1.165) is 64.7 Å². The van der Waals surface area contributed by atoms with E-state index in [1.54, 1.807) is 14.0 Å². The van der Waals surface area contributed by atoms with Crippen molar-refractivity contribution in [1.82, 2.24) is 20.0 Å². The number of hydrogen-bond acceptors (Lipinski definition) is 10. The average molecular weight is 757 g/mol. The molecule has 0 bridgehead atoms. The third kappa shape index (κ3) is 17.4. The third-order valence-corrected chi connectivity index (χ3v) is 11.1. The molecule has 3 aliphatic heterocycles. The first kappa shape index (κ1) is 51.4. The highest BCUT2D eigenvalue weighted by Crippen LogP contribution is 2.31. The summed E-state index contributed by atoms with van der Waals surface area (Å²) in [6.07, 6.45) is 6.59. The van der Waals surface area contributed by atoms with E-state index in [0.29, 0.717) is 31.2 Å². The van der Waals surface area contributed by atoms with Crippen LogP contribution in [0.1, 0.15) is 128 Å². The number of aliphatic hydroxyl groups excluding tert-OH is 1. The van der Waals surface area contributed by atoms with E-state index in [1.807, 2.05) is 53.6 Å². The number of aliphatic hydroxyl groups is 1. The van der Waals surface area contributed by atoms with Gasteiger partial charge in [0.1, 0.15) is 18.3 Å². The number of hydrogen-bond donors (Lipinski definition) is 2. The highest BCUT2D eigenvalue weighted by atomic mass is 16.5. The van der Waals surface area contributed by atoms with Gasteiger partial charge in [0.25, 0.3) is 0 Å². The molecule has 0 aromatic rings. The molecule has 3 aliphatic rings. The molecule has 0 aromatic carbocycles. The van der Waals surface area contributed by atoms with E-state index in [2.05, 4.69) is 56.8 Å². The van der Waals surface area contributed by atoms with Crippen LogP contribution < -0.4 is 5.32 Å². The topological polar surface area (TPSA) is 121 Å². The molecule has 0 aliphatic carbocycles. The molecule has 0 saturated carbocycles. The van der Waals surface area contributed by atoms with Crippen LogP contribution in [0.25, 0.3) is 0 Å². The zero-order chi connectivity index (χ0) is 40.9. The minimum atomic E-state index is -0.777. The Morgan fingerprint density at radius 3 is 2.17 bits per heavy atom. The normalized spacial score (nSPS) is 31.0. The van der Waals surface area contributed by atoms with Crippen molar-refractivity contribution in [3.63, 3.8) is 0 Å². The molecule has 3 heterocycles. The highest BCUT2D eigenvalue weighted by molar-refractivity contribution is 5.99. The van der Waals surface area contributed by atoms with Gasteiger partial charge < -0.3 is 34.4 Å². The molecule has 0 radical (unpaired) electrons. The van der Waals surface area contributed by atoms with Crippen molar-refractivity contribution in [1.29, 1.82) is 0 Å². The Balaban J connectivity index is 0.00000132. The first-order valence-corrected chi connectivity index (χ1v) is 21.0. The Kier molecular flexibility index (Phi) is 26.2. The number of carbonyl (C=O) groups is 3. The Hall–Kier alpha value is -1.63. The summed E-state index contributed by atoms with van der Waals surface area (Å²) in [5, 5.41) is 13.2. The second-order valence-corrected chi connectivity index (χ2v) is 15.8. The minimum absolute atomic E-state index is 0.0103. The molecule has 2 N–H and O–H groups in total. The van der Waals surface area contributed by atoms with Crippen molar-refractivity contribution in [3.8, 4) is 0 Å². The molecule has 3 saturated heterocycles. The number of cyclic esters (lactones) is 1. The van der Waals surface area contributed by atoms with E-state index >= 15 is 0 Å². The fraction of sp³-hybridized carbons (Fsp3) is 0.929. The molecule has 53 heavy (non-hydrogen) atoms. The highest BCUT2D eigenvalue weighted by Gasteiger charge is 2.38. The number of likely N-dealkylation sites (N-methyl/N-ethyl adjacent to an activating group) is 2. The van der Waals surface area contributed by atoms with Crippen LogP contribution >= 0.6 is 0 Å². The lowest BCUT2D eigenvalue weighted by Gasteiger charge is -2.41. The zero-order valence-corrected chi connectivity index (χ0v) is 36.8. The van der Waals surface area contributed by atoms with Crippen LogP contribution in [0, 0.1) is 23.7 Å². The second-order valence-electron chi connectivity index (χ2n) is 15.8. The van der Waals surface area contributed by atoms with Crippen LogP contribution in [0.3, 0.4) is 0 Å². The molecule has 0 spiro atoms. The minimum Gasteiger partial charge on any atom is -0.463 e. The molecule has 1 amide bonds. The van der Waals surface area contributed by atoms with Gasteiger partial charge in [-0.25, -0.2) is 0 Å². The molecular weight excluding hydrogens is 672 g/mol. The number of piperidine rings is 1. The van der Waals surface area contributed by atoms with Crippen LogP contribution in [0.15, 0.2) is 0 Å². The van der Waals surface area contributed by atoms with Crippen LogP contribution in [-0.4, -0.2) is 141 Å². The molecule has 11 heteroatoms. The number of ketones is 1. The molecule has 3 rings (SSSR count). The van der Waals surface area contributed by atoms with E-state index in [1.165, 1.54) is 0 Å². The summed E-state index contributed by atoms with van der Waals surface area (Å²) in [5.74, 6) is -0.486. The van der Waals surface area contributed by atoms with Crippen molar-refractivity contribution in [2.24, 2.45) is 23.7 Å². The van der Waals surface area contributed by atoms with Gasteiger partial charge in [-0.05, 0) is 118 Å². The fourth-order valence-electron chi connectivity index (χ4n) is 7.64. The molecule has 0 aromatic heterocycles. The van der Waals surface area contributed by atoms with Gasteiger partial charge in [0.15, 0.2) is 0 Å². The van der Waals surface area contributed by atoms with Crippen LogP contribution in [0.4, 0.5) is 0 Å². The predicted octanol–water partition coefficient (Wildman–Crippen LogP) is 6.05. The van der Waals surface area contributed by atoms with Crippen molar-refractivity contribution >= 4 is 17.7 Å². The number of methoxy groups -OCH3 is 1. The van der Waals surface area contributed by atoms with Crippen LogP contribution in [0.5, 0.6) is 0 Å². The maximum atomic E-state index is 13.1. The van der Waals surface area contributed by atoms with Gasteiger partial charge in [0.05, 0.1) is 30.5 Å². The van der Waals surface area contributed by atoms with Crippen molar-refractivity contribution in [3.05, 3.63) is 0 Å². The lowest BCUT2D eigenvalue weighted by molar-refractivity contribution is -0.155. The molecule has 3 fully saturated rings. The van der Waals surface area contributed by atoms with Gasteiger partial charge in [-0.15, -0.1) is 0 Å². The monoisotopic (exact) mass is 757 g/mol. The summed E-state index contributed by atoms with van der Waals surface area (Å²) in [5.41, 5.74) is -0.403. The SMILES string of the molecule is CC.CC.CCC1CC(C)(OC)CCCN(C)C(C2CCN(C(=O)CNCC(C)C)CC2)COC(=O)C(C)C1=O.CCC1OC(C)CC(N(C)C)[C@H]1O. The Labute approximate surface area is 325 Å². The lowest BCUT2D eigenvalue weighted by Crippen LogP contribution is -2.52. The number of likely N-dealkylation sites (tertiary alicyclic amines) is 1. The maximum Gasteiger partial charge on any atom is 0.316 e. The van der Waals surface area contributed by atoms with Crippen LogP contribution in [-0.2, 0) is 28.6 Å². The number of Topliss-reactive ketones (excluding diaryl/α,β-unsaturated/α-hetero) is 1. The fourth-order valence-corrected chi connectivity index (χ4v) is 7.64. The summed E-state index contributed by atoms with van der Waals surface area (Å²) in [4.78, 5) is 45.0. The maximum absolute atomic E-state index is 13.1.